The molecule has 0 atom stereocenters. The van der Waals surface area contributed by atoms with Crippen LogP contribution >= 0.6 is 31.9 Å². The van der Waals surface area contributed by atoms with Crippen molar-refractivity contribution in [1.29, 1.82) is 0 Å². The molecule has 1 N–H and O–H groups in total. The lowest BCUT2D eigenvalue weighted by molar-refractivity contribution is 0.102. The van der Waals surface area contributed by atoms with Crippen molar-refractivity contribution in [1.82, 2.24) is 0 Å². The van der Waals surface area contributed by atoms with Gasteiger partial charge in [-0.1, -0.05) is 22.0 Å². The number of amides is 1. The maximum absolute atomic E-state index is 13.5. The van der Waals surface area contributed by atoms with Gasteiger partial charge in [0.05, 0.1) is 5.69 Å². The van der Waals surface area contributed by atoms with E-state index in [0.29, 0.717) is 10.0 Å². The molecular formula is C13H8Br2FNO. The lowest BCUT2D eigenvalue weighted by Crippen LogP contribution is -2.13. The Kier molecular flexibility index (Phi) is 4.14. The number of carbonyl (C=O) groups excluding carboxylic acids is 1. The Morgan fingerprint density at radius 1 is 1.06 bits per heavy atom. The summed E-state index contributed by atoms with van der Waals surface area (Å²) < 4.78 is 14.9. The fourth-order valence-corrected chi connectivity index (χ4v) is 2.11. The van der Waals surface area contributed by atoms with E-state index >= 15 is 0 Å². The molecule has 18 heavy (non-hydrogen) atoms. The molecule has 0 heterocycles. The van der Waals surface area contributed by atoms with Crippen LogP contribution in [0.3, 0.4) is 0 Å². The largest absolute Gasteiger partial charge is 0.319 e. The Bertz CT molecular complexity index is 564. The number of benzene rings is 2. The third kappa shape index (κ3) is 2.97. The van der Waals surface area contributed by atoms with E-state index in [1.165, 1.54) is 6.07 Å². The van der Waals surface area contributed by atoms with E-state index in [0.717, 1.165) is 4.47 Å². The number of anilines is 1. The molecule has 92 valence electrons. The molecule has 0 aromatic heterocycles. The van der Waals surface area contributed by atoms with Crippen LogP contribution in [0.15, 0.2) is 51.4 Å². The number of rotatable bonds is 2. The summed E-state index contributed by atoms with van der Waals surface area (Å²) in [5.74, 6) is -0.830. The first-order valence-electron chi connectivity index (χ1n) is 5.09. The lowest BCUT2D eigenvalue weighted by Gasteiger charge is -2.08. The minimum atomic E-state index is -0.477. The molecule has 0 unspecified atom stereocenters. The van der Waals surface area contributed by atoms with Crippen LogP contribution in [0.2, 0.25) is 0 Å². The summed E-state index contributed by atoms with van der Waals surface area (Å²) in [5.41, 5.74) is 0.610. The number of hydrogen-bond acceptors (Lipinski definition) is 1. The summed E-state index contributed by atoms with van der Waals surface area (Å²) in [7, 11) is 0. The molecule has 0 bridgehead atoms. The second kappa shape index (κ2) is 5.63. The van der Waals surface area contributed by atoms with Gasteiger partial charge >= 0.3 is 0 Å². The van der Waals surface area contributed by atoms with Crippen LogP contribution in [0, 0.1) is 5.82 Å². The van der Waals surface area contributed by atoms with Gasteiger partial charge in [0.2, 0.25) is 0 Å². The third-order valence-corrected chi connectivity index (χ3v) is 3.50. The van der Waals surface area contributed by atoms with Crippen LogP contribution in [-0.2, 0) is 0 Å². The van der Waals surface area contributed by atoms with Gasteiger partial charge in [0, 0.05) is 14.5 Å². The van der Waals surface area contributed by atoms with Crippen molar-refractivity contribution in [2.45, 2.75) is 0 Å². The predicted octanol–water partition coefficient (Wildman–Crippen LogP) is 4.60. The molecule has 5 heteroatoms. The normalized spacial score (nSPS) is 10.2. The summed E-state index contributed by atoms with van der Waals surface area (Å²) in [6, 6.07) is 11.4. The first kappa shape index (κ1) is 13.2. The lowest BCUT2D eigenvalue weighted by atomic mass is 10.2. The minimum absolute atomic E-state index is 0.144. The van der Waals surface area contributed by atoms with Crippen molar-refractivity contribution >= 4 is 43.5 Å². The number of halogens is 3. The SMILES string of the molecule is O=C(Nc1c(F)cccc1Br)c1ccc(Br)cc1. The van der Waals surface area contributed by atoms with E-state index in [1.54, 1.807) is 36.4 Å². The maximum atomic E-state index is 13.5. The van der Waals surface area contributed by atoms with Crippen LogP contribution < -0.4 is 5.32 Å². The second-order valence-electron chi connectivity index (χ2n) is 3.56. The highest BCUT2D eigenvalue weighted by Gasteiger charge is 2.11. The van der Waals surface area contributed by atoms with Gasteiger partial charge in [-0.3, -0.25) is 4.79 Å². The van der Waals surface area contributed by atoms with Gasteiger partial charge in [0.25, 0.3) is 5.91 Å². The zero-order valence-corrected chi connectivity index (χ0v) is 12.3. The van der Waals surface area contributed by atoms with Crippen LogP contribution in [0.5, 0.6) is 0 Å². The summed E-state index contributed by atoms with van der Waals surface area (Å²) >= 11 is 6.48. The van der Waals surface area contributed by atoms with E-state index in [2.05, 4.69) is 37.2 Å². The molecule has 0 spiro atoms. The van der Waals surface area contributed by atoms with Crippen LogP contribution in [0.4, 0.5) is 10.1 Å². The van der Waals surface area contributed by atoms with E-state index in [1.807, 2.05) is 0 Å². The standard InChI is InChI=1S/C13H8Br2FNO/c14-9-6-4-8(5-7-9)13(18)17-12-10(15)2-1-3-11(12)16/h1-7H,(H,17,18). The van der Waals surface area contributed by atoms with Crippen molar-refractivity contribution in [2.75, 3.05) is 5.32 Å². The zero-order chi connectivity index (χ0) is 13.1. The smallest absolute Gasteiger partial charge is 0.255 e. The Morgan fingerprint density at radius 3 is 2.33 bits per heavy atom. The average Bonchev–Trinajstić information content (AvgIpc) is 2.34. The van der Waals surface area contributed by atoms with Crippen molar-refractivity contribution in [2.24, 2.45) is 0 Å². The monoisotopic (exact) mass is 371 g/mol. The van der Waals surface area contributed by atoms with E-state index < -0.39 is 5.82 Å². The van der Waals surface area contributed by atoms with Crippen LogP contribution in [0.1, 0.15) is 10.4 Å². The highest BCUT2D eigenvalue weighted by atomic mass is 79.9. The van der Waals surface area contributed by atoms with E-state index in [-0.39, 0.29) is 11.6 Å². The van der Waals surface area contributed by atoms with Gasteiger partial charge in [-0.15, -0.1) is 0 Å². The van der Waals surface area contributed by atoms with Gasteiger partial charge in [-0.2, -0.15) is 0 Å². The Balaban J connectivity index is 2.24. The number of nitrogens with one attached hydrogen (secondary N) is 1. The first-order chi connectivity index (χ1) is 8.58. The Hall–Kier alpha value is -1.20. The molecule has 2 rings (SSSR count). The Labute approximate surface area is 120 Å². The fraction of sp³-hybridized carbons (Fsp3) is 0. The van der Waals surface area contributed by atoms with Gasteiger partial charge in [0.1, 0.15) is 5.82 Å². The molecule has 0 radical (unpaired) electrons. The molecule has 0 saturated carbocycles. The second-order valence-corrected chi connectivity index (χ2v) is 5.33. The van der Waals surface area contributed by atoms with Crippen molar-refractivity contribution < 1.29 is 9.18 Å². The van der Waals surface area contributed by atoms with E-state index in [4.69, 9.17) is 0 Å². The molecule has 0 aliphatic rings. The molecule has 0 aliphatic heterocycles. The molecule has 0 aliphatic carbocycles. The summed E-state index contributed by atoms with van der Waals surface area (Å²) in [4.78, 5) is 11.9. The molecule has 1 amide bonds. The molecule has 0 fully saturated rings. The molecule has 2 aromatic rings. The number of carbonyl (C=O) groups is 1. The quantitative estimate of drug-likeness (QED) is 0.819. The van der Waals surface area contributed by atoms with Crippen molar-refractivity contribution in [3.05, 3.63) is 62.8 Å². The zero-order valence-electron chi connectivity index (χ0n) is 9.08. The summed E-state index contributed by atoms with van der Waals surface area (Å²) in [5, 5.41) is 2.54. The molecule has 0 saturated heterocycles. The topological polar surface area (TPSA) is 29.1 Å². The molecule has 2 aromatic carbocycles. The van der Waals surface area contributed by atoms with Gasteiger partial charge in [-0.25, -0.2) is 4.39 Å². The Morgan fingerprint density at radius 2 is 1.72 bits per heavy atom. The highest BCUT2D eigenvalue weighted by molar-refractivity contribution is 9.10. The fourth-order valence-electron chi connectivity index (χ4n) is 1.40. The van der Waals surface area contributed by atoms with E-state index in [9.17, 15) is 9.18 Å². The maximum Gasteiger partial charge on any atom is 0.255 e. The average molecular weight is 373 g/mol. The molecular weight excluding hydrogens is 365 g/mol. The van der Waals surface area contributed by atoms with Gasteiger partial charge in [0.15, 0.2) is 0 Å². The number of hydrogen-bond donors (Lipinski definition) is 1. The summed E-state index contributed by atoms with van der Waals surface area (Å²) in [6.45, 7) is 0. The summed E-state index contributed by atoms with van der Waals surface area (Å²) in [6.07, 6.45) is 0. The van der Waals surface area contributed by atoms with Crippen LogP contribution in [0.25, 0.3) is 0 Å². The van der Waals surface area contributed by atoms with Crippen molar-refractivity contribution in [3.8, 4) is 0 Å². The van der Waals surface area contributed by atoms with Crippen molar-refractivity contribution in [3.63, 3.8) is 0 Å². The predicted molar refractivity (Wildman–Crippen MR) is 76.2 cm³/mol. The highest BCUT2D eigenvalue weighted by Crippen LogP contribution is 2.25. The van der Waals surface area contributed by atoms with Gasteiger partial charge in [-0.05, 0) is 52.3 Å². The number of para-hydroxylation sites is 1. The van der Waals surface area contributed by atoms with Crippen LogP contribution in [-0.4, -0.2) is 5.91 Å². The van der Waals surface area contributed by atoms with Gasteiger partial charge < -0.3 is 5.32 Å². The third-order valence-electron chi connectivity index (χ3n) is 2.31. The first-order valence-corrected chi connectivity index (χ1v) is 6.67. The minimum Gasteiger partial charge on any atom is -0.319 e. The molecule has 2 nitrogen and oxygen atoms in total.